The summed E-state index contributed by atoms with van der Waals surface area (Å²) < 4.78 is 9.83. The molecule has 0 aromatic heterocycles. The average molecular weight is 185 g/mol. The second kappa shape index (κ2) is 3.53. The summed E-state index contributed by atoms with van der Waals surface area (Å²) in [6.07, 6.45) is -0.660. The third-order valence-electron chi connectivity index (χ3n) is 1.10. The van der Waals surface area contributed by atoms with Crippen molar-refractivity contribution in [2.75, 3.05) is 13.2 Å². The Morgan fingerprint density at radius 2 is 2.00 bits per heavy atom. The van der Waals surface area contributed by atoms with Gasteiger partial charge in [-0.15, -0.1) is 11.6 Å². The van der Waals surface area contributed by atoms with Crippen LogP contribution in [0.2, 0.25) is 0 Å². The topological polar surface area (TPSA) is 35.5 Å². The highest BCUT2D eigenvalue weighted by atomic mass is 35.5. The summed E-state index contributed by atoms with van der Waals surface area (Å²) in [5, 5.41) is -1.53. The largest absolute Gasteiger partial charge is 0.348 e. The molecule has 1 heterocycles. The molecule has 0 radical (unpaired) electrons. The first-order chi connectivity index (χ1) is 4.72. The van der Waals surface area contributed by atoms with Gasteiger partial charge in [-0.05, 0) is 11.6 Å². The Morgan fingerprint density at radius 3 is 2.40 bits per heavy atom. The summed E-state index contributed by atoms with van der Waals surface area (Å²) in [7, 11) is 0. The number of ether oxygens (including phenoxy) is 2. The second-order valence-electron chi connectivity index (χ2n) is 1.82. The highest BCUT2D eigenvalue weighted by Crippen LogP contribution is 2.15. The molecule has 1 fully saturated rings. The molecule has 10 heavy (non-hydrogen) atoms. The van der Waals surface area contributed by atoms with Crippen LogP contribution in [0.4, 0.5) is 0 Å². The Bertz CT molecular complexity index is 133. The Hall–Kier alpha value is 0.170. The Labute approximate surface area is 68.2 Å². The number of halogens is 2. The zero-order valence-corrected chi connectivity index (χ0v) is 6.56. The van der Waals surface area contributed by atoms with E-state index in [9.17, 15) is 4.79 Å². The summed E-state index contributed by atoms with van der Waals surface area (Å²) >= 11 is 10.6. The lowest BCUT2D eigenvalue weighted by molar-refractivity contribution is -0.118. The molecule has 0 aromatic rings. The maximum absolute atomic E-state index is 10.4. The molecule has 0 N–H and O–H groups in total. The molecule has 0 bridgehead atoms. The van der Waals surface area contributed by atoms with Gasteiger partial charge in [0.05, 0.1) is 13.2 Å². The molecule has 1 atom stereocenters. The van der Waals surface area contributed by atoms with Gasteiger partial charge in [-0.1, -0.05) is 0 Å². The third-order valence-corrected chi connectivity index (χ3v) is 1.85. The van der Waals surface area contributed by atoms with Crippen molar-refractivity contribution in [3.8, 4) is 0 Å². The predicted octanol–water partition coefficient (Wildman–Crippen LogP) is 0.732. The molecule has 1 aliphatic rings. The lowest BCUT2D eigenvalue weighted by Crippen LogP contribution is -2.26. The van der Waals surface area contributed by atoms with Gasteiger partial charge in [0, 0.05) is 0 Å². The van der Waals surface area contributed by atoms with Gasteiger partial charge in [-0.25, -0.2) is 0 Å². The third kappa shape index (κ3) is 1.83. The van der Waals surface area contributed by atoms with E-state index in [0.717, 1.165) is 0 Å². The standard InChI is InChI=1S/C5H6Cl2O3/c6-3(4(7)8)5-9-1-2-10-5/h3,5H,1-2H2. The minimum absolute atomic E-state index is 0.470. The van der Waals surface area contributed by atoms with E-state index in [1.807, 2.05) is 0 Å². The van der Waals surface area contributed by atoms with E-state index >= 15 is 0 Å². The van der Waals surface area contributed by atoms with E-state index in [1.165, 1.54) is 0 Å². The maximum atomic E-state index is 10.4. The van der Waals surface area contributed by atoms with Crippen LogP contribution in [0.25, 0.3) is 0 Å². The van der Waals surface area contributed by atoms with Crippen LogP contribution in [0.1, 0.15) is 0 Å². The van der Waals surface area contributed by atoms with Crippen LogP contribution in [0, 0.1) is 0 Å². The van der Waals surface area contributed by atoms with Gasteiger partial charge < -0.3 is 9.47 Å². The van der Waals surface area contributed by atoms with Gasteiger partial charge in [0.15, 0.2) is 11.7 Å². The normalized spacial score (nSPS) is 23.0. The van der Waals surface area contributed by atoms with E-state index in [-0.39, 0.29) is 0 Å². The van der Waals surface area contributed by atoms with Crippen molar-refractivity contribution in [3.63, 3.8) is 0 Å². The highest BCUT2D eigenvalue weighted by molar-refractivity contribution is 6.69. The molecule has 58 valence electrons. The van der Waals surface area contributed by atoms with Crippen molar-refractivity contribution in [1.29, 1.82) is 0 Å². The van der Waals surface area contributed by atoms with E-state index in [1.54, 1.807) is 0 Å². The van der Waals surface area contributed by atoms with Crippen molar-refractivity contribution in [3.05, 3.63) is 0 Å². The van der Waals surface area contributed by atoms with E-state index in [4.69, 9.17) is 32.7 Å². The lowest BCUT2D eigenvalue weighted by Gasteiger charge is -2.10. The fourth-order valence-electron chi connectivity index (χ4n) is 0.653. The van der Waals surface area contributed by atoms with Crippen molar-refractivity contribution >= 4 is 28.4 Å². The maximum Gasteiger partial charge on any atom is 0.244 e. The van der Waals surface area contributed by atoms with Gasteiger partial charge >= 0.3 is 0 Å². The molecular weight excluding hydrogens is 179 g/mol. The van der Waals surface area contributed by atoms with Crippen LogP contribution in [0.5, 0.6) is 0 Å². The summed E-state index contributed by atoms with van der Waals surface area (Å²) in [6.45, 7) is 0.941. The molecule has 5 heteroatoms. The predicted molar refractivity (Wildman–Crippen MR) is 36.2 cm³/mol. The van der Waals surface area contributed by atoms with Gasteiger partial charge in [-0.2, -0.15) is 0 Å². The first kappa shape index (κ1) is 8.27. The van der Waals surface area contributed by atoms with Gasteiger partial charge in [0.25, 0.3) is 0 Å². The van der Waals surface area contributed by atoms with Crippen LogP contribution >= 0.6 is 23.2 Å². The number of carbonyl (C=O) groups is 1. The molecule has 1 aliphatic heterocycles. The molecular formula is C5H6Cl2O3. The Morgan fingerprint density at radius 1 is 1.50 bits per heavy atom. The minimum atomic E-state index is -0.885. The zero-order valence-electron chi connectivity index (χ0n) is 5.05. The van der Waals surface area contributed by atoms with Crippen molar-refractivity contribution in [2.45, 2.75) is 11.7 Å². The Balaban J connectivity index is 2.39. The Kier molecular flexibility index (Phi) is 2.92. The molecule has 1 saturated heterocycles. The highest BCUT2D eigenvalue weighted by Gasteiger charge is 2.29. The molecule has 1 rings (SSSR count). The molecule has 1 unspecified atom stereocenters. The van der Waals surface area contributed by atoms with E-state index < -0.39 is 16.9 Å². The number of alkyl halides is 1. The SMILES string of the molecule is O=C(Cl)C(Cl)C1OCCO1. The van der Waals surface area contributed by atoms with Gasteiger partial charge in [0.2, 0.25) is 5.24 Å². The van der Waals surface area contributed by atoms with Crippen LogP contribution in [-0.4, -0.2) is 30.1 Å². The molecule has 0 amide bonds. The smallest absolute Gasteiger partial charge is 0.244 e. The van der Waals surface area contributed by atoms with Crippen LogP contribution in [0.15, 0.2) is 0 Å². The fourth-order valence-corrected chi connectivity index (χ4v) is 0.901. The quantitative estimate of drug-likeness (QED) is 0.470. The first-order valence-corrected chi connectivity index (χ1v) is 3.60. The fraction of sp³-hybridized carbons (Fsp3) is 0.800. The first-order valence-electron chi connectivity index (χ1n) is 2.78. The average Bonchev–Trinajstić information content (AvgIpc) is 2.36. The molecule has 0 aliphatic carbocycles. The van der Waals surface area contributed by atoms with Gasteiger partial charge in [-0.3, -0.25) is 4.79 Å². The van der Waals surface area contributed by atoms with Crippen molar-refractivity contribution in [1.82, 2.24) is 0 Å². The zero-order chi connectivity index (χ0) is 7.56. The summed E-state index contributed by atoms with van der Waals surface area (Å²) in [6, 6.07) is 0. The number of hydrogen-bond acceptors (Lipinski definition) is 3. The summed E-state index contributed by atoms with van der Waals surface area (Å²) in [4.78, 5) is 10.4. The van der Waals surface area contributed by atoms with Crippen LogP contribution in [0.3, 0.4) is 0 Å². The molecule has 0 saturated carbocycles. The lowest BCUT2D eigenvalue weighted by atomic mass is 10.4. The van der Waals surface area contributed by atoms with Gasteiger partial charge in [0.1, 0.15) is 0 Å². The summed E-state index contributed by atoms with van der Waals surface area (Å²) in [5.41, 5.74) is 0. The second-order valence-corrected chi connectivity index (χ2v) is 2.66. The van der Waals surface area contributed by atoms with E-state index in [2.05, 4.69) is 0 Å². The molecule has 0 spiro atoms. The molecule has 0 aromatic carbocycles. The van der Waals surface area contributed by atoms with Crippen LogP contribution in [-0.2, 0) is 14.3 Å². The minimum Gasteiger partial charge on any atom is -0.348 e. The number of carbonyl (C=O) groups excluding carboxylic acids is 1. The summed E-state index contributed by atoms with van der Waals surface area (Å²) in [5.74, 6) is 0. The van der Waals surface area contributed by atoms with Crippen molar-refractivity contribution in [2.24, 2.45) is 0 Å². The number of rotatable bonds is 2. The molecule has 3 nitrogen and oxygen atoms in total. The van der Waals surface area contributed by atoms with E-state index in [0.29, 0.717) is 13.2 Å². The number of hydrogen-bond donors (Lipinski definition) is 0. The monoisotopic (exact) mass is 184 g/mol. The van der Waals surface area contributed by atoms with Crippen molar-refractivity contribution < 1.29 is 14.3 Å². The van der Waals surface area contributed by atoms with Crippen LogP contribution < -0.4 is 0 Å².